The fourth-order valence-corrected chi connectivity index (χ4v) is 1.93. The van der Waals surface area contributed by atoms with E-state index in [2.05, 4.69) is 44.4 Å². The van der Waals surface area contributed by atoms with Crippen LogP contribution in [-0.4, -0.2) is 4.57 Å². The minimum Gasteiger partial charge on any atom is -0.334 e. The molecule has 0 radical (unpaired) electrons. The molecule has 0 aromatic carbocycles. The van der Waals surface area contributed by atoms with Crippen molar-refractivity contribution in [3.63, 3.8) is 0 Å². The summed E-state index contributed by atoms with van der Waals surface area (Å²) >= 11 is 0. The molecular weight excluding hydrogens is 196 g/mol. The molecule has 0 spiro atoms. The summed E-state index contributed by atoms with van der Waals surface area (Å²) in [4.78, 5) is 0. The summed E-state index contributed by atoms with van der Waals surface area (Å²) in [7, 11) is 0. The van der Waals surface area contributed by atoms with Gasteiger partial charge in [0.15, 0.2) is 0 Å². The van der Waals surface area contributed by atoms with Crippen LogP contribution < -0.4 is 0 Å². The Hall–Kier alpha value is -1.23. The van der Waals surface area contributed by atoms with Crippen molar-refractivity contribution in [3.05, 3.63) is 23.5 Å². The number of nitriles is 1. The van der Waals surface area contributed by atoms with Gasteiger partial charge in [-0.3, -0.25) is 0 Å². The highest BCUT2D eigenvalue weighted by Crippen LogP contribution is 2.20. The molecule has 0 aliphatic carbocycles. The van der Waals surface area contributed by atoms with E-state index in [0.29, 0.717) is 12.0 Å². The summed E-state index contributed by atoms with van der Waals surface area (Å²) in [6.45, 7) is 8.82. The van der Waals surface area contributed by atoms with E-state index in [0.717, 1.165) is 18.5 Å². The minimum absolute atomic E-state index is 0.423. The van der Waals surface area contributed by atoms with Crippen LogP contribution in [0.15, 0.2) is 12.1 Å². The first-order valence-electron chi connectivity index (χ1n) is 6.20. The predicted octanol–water partition coefficient (Wildman–Crippen LogP) is 3.92. The molecule has 16 heavy (non-hydrogen) atoms. The highest BCUT2D eigenvalue weighted by atomic mass is 15.0. The highest BCUT2D eigenvalue weighted by molar-refractivity contribution is 5.28. The van der Waals surface area contributed by atoms with Crippen molar-refractivity contribution in [2.24, 2.45) is 5.92 Å². The van der Waals surface area contributed by atoms with E-state index < -0.39 is 0 Å². The lowest BCUT2D eigenvalue weighted by molar-refractivity contribution is 0.492. The van der Waals surface area contributed by atoms with Crippen LogP contribution in [0.2, 0.25) is 0 Å². The molecule has 1 atom stereocenters. The van der Waals surface area contributed by atoms with Gasteiger partial charge in [0.1, 0.15) is 11.8 Å². The molecule has 2 nitrogen and oxygen atoms in total. The number of aromatic nitrogens is 1. The van der Waals surface area contributed by atoms with Gasteiger partial charge in [-0.05, 0) is 44.2 Å². The molecule has 2 heteroatoms. The van der Waals surface area contributed by atoms with Gasteiger partial charge in [0.25, 0.3) is 0 Å². The van der Waals surface area contributed by atoms with Crippen molar-refractivity contribution in [2.45, 2.75) is 53.0 Å². The molecule has 0 aliphatic heterocycles. The molecule has 0 fully saturated rings. The van der Waals surface area contributed by atoms with E-state index in [-0.39, 0.29) is 0 Å². The third-order valence-corrected chi connectivity index (χ3v) is 3.13. The molecule has 0 unspecified atom stereocenters. The smallest absolute Gasteiger partial charge is 0.120 e. The average molecular weight is 218 g/mol. The SMILES string of the molecule is CC[C@@H](C)n1c(C#N)ccc1CCC(C)C. The van der Waals surface area contributed by atoms with Crippen molar-refractivity contribution >= 4 is 0 Å². The number of aryl methyl sites for hydroxylation is 1. The summed E-state index contributed by atoms with van der Waals surface area (Å²) in [6, 6.07) is 6.76. The Morgan fingerprint density at radius 2 is 2.00 bits per heavy atom. The fourth-order valence-electron chi connectivity index (χ4n) is 1.93. The molecule has 0 saturated heterocycles. The minimum atomic E-state index is 0.423. The van der Waals surface area contributed by atoms with E-state index in [1.807, 2.05) is 6.07 Å². The zero-order valence-electron chi connectivity index (χ0n) is 10.8. The standard InChI is InChI=1S/C14H22N2/c1-5-12(4)16-13(7-6-11(2)3)8-9-14(16)10-15/h8-9,11-12H,5-7H2,1-4H3/t12-/m1/s1. The van der Waals surface area contributed by atoms with Crippen LogP contribution in [0, 0.1) is 17.2 Å². The molecule has 0 N–H and O–H groups in total. The van der Waals surface area contributed by atoms with Gasteiger partial charge < -0.3 is 4.57 Å². The van der Waals surface area contributed by atoms with Crippen LogP contribution in [0.25, 0.3) is 0 Å². The van der Waals surface area contributed by atoms with Crippen molar-refractivity contribution in [1.82, 2.24) is 4.57 Å². The van der Waals surface area contributed by atoms with Crippen LogP contribution in [-0.2, 0) is 6.42 Å². The normalized spacial score (nSPS) is 12.8. The Kier molecular flexibility index (Phi) is 4.61. The van der Waals surface area contributed by atoms with Crippen molar-refractivity contribution in [1.29, 1.82) is 5.26 Å². The first kappa shape index (κ1) is 12.8. The highest BCUT2D eigenvalue weighted by Gasteiger charge is 2.12. The summed E-state index contributed by atoms with van der Waals surface area (Å²) < 4.78 is 2.20. The van der Waals surface area contributed by atoms with Crippen molar-refractivity contribution in [2.75, 3.05) is 0 Å². The van der Waals surface area contributed by atoms with Crippen LogP contribution in [0.3, 0.4) is 0 Å². The second-order valence-corrected chi connectivity index (χ2v) is 4.88. The van der Waals surface area contributed by atoms with E-state index in [1.165, 1.54) is 12.1 Å². The maximum atomic E-state index is 9.08. The molecular formula is C14H22N2. The van der Waals surface area contributed by atoms with E-state index in [4.69, 9.17) is 5.26 Å². The molecule has 1 aromatic heterocycles. The number of rotatable bonds is 5. The van der Waals surface area contributed by atoms with Gasteiger partial charge in [0.05, 0.1) is 0 Å². The quantitative estimate of drug-likeness (QED) is 0.736. The Balaban J connectivity index is 2.92. The maximum Gasteiger partial charge on any atom is 0.120 e. The van der Waals surface area contributed by atoms with Gasteiger partial charge in [0.2, 0.25) is 0 Å². The van der Waals surface area contributed by atoms with Crippen LogP contribution in [0.4, 0.5) is 0 Å². The van der Waals surface area contributed by atoms with Crippen LogP contribution in [0.5, 0.6) is 0 Å². The molecule has 0 saturated carbocycles. The first-order valence-corrected chi connectivity index (χ1v) is 6.20. The molecule has 88 valence electrons. The second kappa shape index (κ2) is 5.75. The largest absolute Gasteiger partial charge is 0.334 e. The summed E-state index contributed by atoms with van der Waals surface area (Å²) in [5.74, 6) is 0.714. The van der Waals surface area contributed by atoms with Crippen molar-refractivity contribution < 1.29 is 0 Å². The fraction of sp³-hybridized carbons (Fsp3) is 0.643. The zero-order chi connectivity index (χ0) is 12.1. The maximum absolute atomic E-state index is 9.08. The number of nitrogens with zero attached hydrogens (tertiary/aromatic N) is 2. The lowest BCUT2D eigenvalue weighted by Crippen LogP contribution is -2.10. The predicted molar refractivity (Wildman–Crippen MR) is 67.3 cm³/mol. The van der Waals surface area contributed by atoms with E-state index in [9.17, 15) is 0 Å². The van der Waals surface area contributed by atoms with Crippen molar-refractivity contribution in [3.8, 4) is 6.07 Å². The third-order valence-electron chi connectivity index (χ3n) is 3.13. The summed E-state index contributed by atoms with van der Waals surface area (Å²) in [6.07, 6.45) is 3.33. The lowest BCUT2D eigenvalue weighted by atomic mass is 10.1. The Morgan fingerprint density at radius 1 is 1.31 bits per heavy atom. The van der Waals surface area contributed by atoms with Gasteiger partial charge in [0, 0.05) is 11.7 Å². The van der Waals surface area contributed by atoms with Gasteiger partial charge in [-0.1, -0.05) is 20.8 Å². The van der Waals surface area contributed by atoms with E-state index >= 15 is 0 Å². The number of hydrogen-bond donors (Lipinski definition) is 0. The zero-order valence-corrected chi connectivity index (χ0v) is 10.8. The molecule has 1 aromatic rings. The average Bonchev–Trinajstić information content (AvgIpc) is 2.68. The number of hydrogen-bond acceptors (Lipinski definition) is 1. The third kappa shape index (κ3) is 2.88. The van der Waals surface area contributed by atoms with Crippen LogP contribution in [0.1, 0.15) is 58.0 Å². The van der Waals surface area contributed by atoms with Gasteiger partial charge in [-0.25, -0.2) is 0 Å². The lowest BCUT2D eigenvalue weighted by Gasteiger charge is -2.17. The second-order valence-electron chi connectivity index (χ2n) is 4.88. The first-order chi connectivity index (χ1) is 7.60. The molecule has 0 amide bonds. The summed E-state index contributed by atoms with van der Waals surface area (Å²) in [5, 5.41) is 9.08. The van der Waals surface area contributed by atoms with Gasteiger partial charge >= 0.3 is 0 Å². The molecule has 1 rings (SSSR count). The van der Waals surface area contributed by atoms with Gasteiger partial charge in [-0.2, -0.15) is 5.26 Å². The Labute approximate surface area is 98.9 Å². The van der Waals surface area contributed by atoms with Gasteiger partial charge in [-0.15, -0.1) is 0 Å². The molecule has 1 heterocycles. The Bertz CT molecular complexity index is 369. The molecule has 0 bridgehead atoms. The van der Waals surface area contributed by atoms with E-state index in [1.54, 1.807) is 0 Å². The van der Waals surface area contributed by atoms with Crippen LogP contribution >= 0.6 is 0 Å². The topological polar surface area (TPSA) is 28.7 Å². The molecule has 0 aliphatic rings. The Morgan fingerprint density at radius 3 is 2.50 bits per heavy atom. The monoisotopic (exact) mass is 218 g/mol. The summed E-state index contributed by atoms with van der Waals surface area (Å²) in [5.41, 5.74) is 2.10.